The maximum absolute atomic E-state index is 11.0. The van der Waals surface area contributed by atoms with Gasteiger partial charge in [0.1, 0.15) is 12.7 Å². The topological polar surface area (TPSA) is 56.8 Å². The van der Waals surface area contributed by atoms with Crippen molar-refractivity contribution < 1.29 is 19.0 Å². The monoisotopic (exact) mass is 203 g/mol. The molecule has 1 unspecified atom stereocenters. The minimum absolute atomic E-state index is 0.0523. The number of nitrogens with one attached hydrogen (secondary N) is 1. The summed E-state index contributed by atoms with van der Waals surface area (Å²) in [5, 5.41) is 3.14. The zero-order valence-corrected chi connectivity index (χ0v) is 8.62. The molecule has 1 fully saturated rings. The van der Waals surface area contributed by atoms with Gasteiger partial charge in [-0.05, 0) is 13.8 Å². The molecule has 1 saturated heterocycles. The average molecular weight is 203 g/mol. The van der Waals surface area contributed by atoms with Gasteiger partial charge in [0.15, 0.2) is 0 Å². The van der Waals surface area contributed by atoms with Crippen LogP contribution in [0.4, 0.5) is 4.79 Å². The quantitative estimate of drug-likeness (QED) is 0.678. The lowest BCUT2D eigenvalue weighted by Crippen LogP contribution is -2.41. The number of hydrogen-bond donors (Lipinski definition) is 1. The molecule has 1 rings (SSSR count). The molecule has 1 heterocycles. The van der Waals surface area contributed by atoms with Crippen LogP contribution in [-0.4, -0.2) is 44.7 Å². The maximum atomic E-state index is 11.0. The summed E-state index contributed by atoms with van der Waals surface area (Å²) in [5.41, 5.74) is 0. The van der Waals surface area contributed by atoms with Crippen LogP contribution in [0.15, 0.2) is 0 Å². The van der Waals surface area contributed by atoms with Crippen molar-refractivity contribution in [1.82, 2.24) is 5.32 Å². The van der Waals surface area contributed by atoms with Gasteiger partial charge in [-0.1, -0.05) is 0 Å². The molecule has 82 valence electrons. The Labute approximate surface area is 83.7 Å². The summed E-state index contributed by atoms with van der Waals surface area (Å²) in [5.74, 6) is 0. The first-order valence-corrected chi connectivity index (χ1v) is 4.84. The van der Waals surface area contributed by atoms with Crippen LogP contribution < -0.4 is 5.32 Å². The van der Waals surface area contributed by atoms with Crippen molar-refractivity contribution in [2.45, 2.75) is 26.1 Å². The number of hydrogen-bond acceptors (Lipinski definition) is 5. The Morgan fingerprint density at radius 2 is 2.43 bits per heavy atom. The predicted molar refractivity (Wildman–Crippen MR) is 50.2 cm³/mol. The zero-order chi connectivity index (χ0) is 10.4. The van der Waals surface area contributed by atoms with Gasteiger partial charge in [0.05, 0.1) is 12.7 Å². The minimum atomic E-state index is -0.630. The van der Waals surface area contributed by atoms with Crippen molar-refractivity contribution in [2.24, 2.45) is 0 Å². The van der Waals surface area contributed by atoms with E-state index in [0.717, 1.165) is 13.1 Å². The Hall–Kier alpha value is -0.810. The van der Waals surface area contributed by atoms with E-state index in [9.17, 15) is 4.79 Å². The van der Waals surface area contributed by atoms with Crippen molar-refractivity contribution in [3.05, 3.63) is 0 Å². The predicted octanol–water partition coefficient (Wildman–Crippen LogP) is 0.536. The highest BCUT2D eigenvalue weighted by molar-refractivity contribution is 5.60. The van der Waals surface area contributed by atoms with E-state index >= 15 is 0 Å². The highest BCUT2D eigenvalue weighted by Gasteiger charge is 2.16. The molecule has 0 saturated carbocycles. The van der Waals surface area contributed by atoms with Gasteiger partial charge in [0.2, 0.25) is 0 Å². The Morgan fingerprint density at radius 3 is 3.00 bits per heavy atom. The number of rotatable bonds is 3. The van der Waals surface area contributed by atoms with Gasteiger partial charge in [0, 0.05) is 13.1 Å². The molecule has 0 aromatic carbocycles. The molecule has 5 heteroatoms. The van der Waals surface area contributed by atoms with Crippen molar-refractivity contribution in [3.63, 3.8) is 0 Å². The van der Waals surface area contributed by atoms with Gasteiger partial charge in [-0.15, -0.1) is 0 Å². The van der Waals surface area contributed by atoms with Crippen LogP contribution in [0.3, 0.4) is 0 Å². The standard InChI is InChI=1S/C9H17NO4/c1-7(2)14-9(11)13-6-8-5-10-3-4-12-8/h7-8,10H,3-6H2,1-2H3. The molecule has 0 radical (unpaired) electrons. The fraction of sp³-hybridized carbons (Fsp3) is 0.889. The number of ether oxygens (including phenoxy) is 3. The van der Waals surface area contributed by atoms with E-state index in [1.54, 1.807) is 13.8 Å². The molecule has 0 aromatic rings. The fourth-order valence-electron chi connectivity index (χ4n) is 1.11. The first-order valence-electron chi connectivity index (χ1n) is 4.84. The molecule has 1 aliphatic rings. The van der Waals surface area contributed by atoms with Crippen LogP contribution in [0.25, 0.3) is 0 Å². The van der Waals surface area contributed by atoms with Crippen LogP contribution in [-0.2, 0) is 14.2 Å². The molecule has 0 bridgehead atoms. The summed E-state index contributed by atoms with van der Waals surface area (Å²) in [6.07, 6.45) is -0.828. The summed E-state index contributed by atoms with van der Waals surface area (Å²) in [6.45, 7) is 6.04. The van der Waals surface area contributed by atoms with E-state index in [1.165, 1.54) is 0 Å². The molecule has 0 aliphatic carbocycles. The van der Waals surface area contributed by atoms with Gasteiger partial charge in [-0.25, -0.2) is 4.79 Å². The highest BCUT2D eigenvalue weighted by atomic mass is 16.7. The van der Waals surface area contributed by atoms with Gasteiger partial charge in [-0.2, -0.15) is 0 Å². The largest absolute Gasteiger partial charge is 0.508 e. The van der Waals surface area contributed by atoms with Gasteiger partial charge in [-0.3, -0.25) is 0 Å². The molecule has 0 aromatic heterocycles. The lowest BCUT2D eigenvalue weighted by molar-refractivity contribution is -0.0342. The third kappa shape index (κ3) is 4.43. The third-order valence-corrected chi connectivity index (χ3v) is 1.72. The van der Waals surface area contributed by atoms with Crippen LogP contribution in [0.1, 0.15) is 13.8 Å². The summed E-state index contributed by atoms with van der Waals surface area (Å²) in [6, 6.07) is 0. The summed E-state index contributed by atoms with van der Waals surface area (Å²) in [7, 11) is 0. The number of carbonyl (C=O) groups is 1. The van der Waals surface area contributed by atoms with Crippen LogP contribution in [0.5, 0.6) is 0 Å². The highest BCUT2D eigenvalue weighted by Crippen LogP contribution is 1.99. The molecule has 1 atom stereocenters. The molecule has 5 nitrogen and oxygen atoms in total. The number of carbonyl (C=O) groups excluding carboxylic acids is 1. The van der Waals surface area contributed by atoms with Crippen LogP contribution >= 0.6 is 0 Å². The summed E-state index contributed by atoms with van der Waals surface area (Å²) in [4.78, 5) is 11.0. The second-order valence-corrected chi connectivity index (χ2v) is 3.42. The van der Waals surface area contributed by atoms with Crippen LogP contribution in [0, 0.1) is 0 Å². The molecular weight excluding hydrogens is 186 g/mol. The molecule has 14 heavy (non-hydrogen) atoms. The van der Waals surface area contributed by atoms with Crippen molar-refractivity contribution in [2.75, 3.05) is 26.3 Å². The van der Waals surface area contributed by atoms with Crippen molar-refractivity contribution in [1.29, 1.82) is 0 Å². The Balaban J connectivity index is 2.09. The van der Waals surface area contributed by atoms with E-state index < -0.39 is 6.16 Å². The van der Waals surface area contributed by atoms with Gasteiger partial charge < -0.3 is 19.5 Å². The molecular formula is C9H17NO4. The second kappa shape index (κ2) is 5.82. The van der Waals surface area contributed by atoms with E-state index in [1.807, 2.05) is 0 Å². The first-order chi connectivity index (χ1) is 6.68. The van der Waals surface area contributed by atoms with Gasteiger partial charge in [0.25, 0.3) is 0 Å². The van der Waals surface area contributed by atoms with Crippen molar-refractivity contribution >= 4 is 6.16 Å². The zero-order valence-electron chi connectivity index (χ0n) is 8.62. The molecule has 0 amide bonds. The Bertz CT molecular complexity index is 178. The minimum Gasteiger partial charge on any atom is -0.432 e. The smallest absolute Gasteiger partial charge is 0.432 e. The van der Waals surface area contributed by atoms with Crippen LogP contribution in [0.2, 0.25) is 0 Å². The number of morpholine rings is 1. The maximum Gasteiger partial charge on any atom is 0.508 e. The Morgan fingerprint density at radius 1 is 1.64 bits per heavy atom. The normalized spacial score (nSPS) is 22.1. The Kier molecular flexibility index (Phi) is 4.69. The lowest BCUT2D eigenvalue weighted by atomic mass is 10.3. The summed E-state index contributed by atoms with van der Waals surface area (Å²) < 4.78 is 15.0. The van der Waals surface area contributed by atoms with Crippen molar-refractivity contribution in [3.8, 4) is 0 Å². The molecule has 1 N–H and O–H groups in total. The van der Waals surface area contributed by atoms with E-state index in [0.29, 0.717) is 6.61 Å². The second-order valence-electron chi connectivity index (χ2n) is 3.42. The fourth-order valence-corrected chi connectivity index (χ4v) is 1.11. The summed E-state index contributed by atoms with van der Waals surface area (Å²) >= 11 is 0. The van der Waals surface area contributed by atoms with E-state index in [-0.39, 0.29) is 18.8 Å². The lowest BCUT2D eigenvalue weighted by Gasteiger charge is -2.23. The van der Waals surface area contributed by atoms with E-state index in [4.69, 9.17) is 14.2 Å². The third-order valence-electron chi connectivity index (χ3n) is 1.72. The molecule has 0 spiro atoms. The van der Waals surface area contributed by atoms with E-state index in [2.05, 4.69) is 5.32 Å². The SMILES string of the molecule is CC(C)OC(=O)OCC1CNCCO1. The first kappa shape index (κ1) is 11.3. The van der Waals surface area contributed by atoms with Gasteiger partial charge >= 0.3 is 6.16 Å². The molecule has 1 aliphatic heterocycles. The average Bonchev–Trinajstić information content (AvgIpc) is 2.15.